The minimum absolute atomic E-state index is 0.0206. The molecule has 7 nitrogen and oxygen atoms in total. The van der Waals surface area contributed by atoms with Crippen LogP contribution in [0, 0.1) is 0 Å². The molecule has 0 aliphatic carbocycles. The van der Waals surface area contributed by atoms with Gasteiger partial charge in [-0.25, -0.2) is 9.97 Å². The van der Waals surface area contributed by atoms with Gasteiger partial charge in [-0.1, -0.05) is 17.7 Å². The summed E-state index contributed by atoms with van der Waals surface area (Å²) in [5, 5.41) is 12.5. The standard InChI is InChI=1S/C21H18BrClN6O/c22-15-5-3-4-14-17(15)26-21(25-16-6-1-2-11-24-20(16)30)29-19(14)27-18(28-29)12-7-9-13(23)10-8-12/h3-5,7-10,16H,1-2,6,11H2,(H,24,30)(H,25,26)/t16-/m1/s1. The first-order valence-corrected chi connectivity index (χ1v) is 10.9. The average molecular weight is 486 g/mol. The molecule has 1 aliphatic heterocycles. The van der Waals surface area contributed by atoms with Crippen molar-refractivity contribution in [2.45, 2.75) is 25.3 Å². The fraction of sp³-hybridized carbons (Fsp3) is 0.238. The summed E-state index contributed by atoms with van der Waals surface area (Å²) in [7, 11) is 0. The summed E-state index contributed by atoms with van der Waals surface area (Å²) in [6.45, 7) is 0.702. The fourth-order valence-corrected chi connectivity index (χ4v) is 4.23. The number of amides is 1. The lowest BCUT2D eigenvalue weighted by molar-refractivity contribution is -0.121. The number of hydrogen-bond acceptors (Lipinski definition) is 5. The van der Waals surface area contributed by atoms with E-state index in [1.165, 1.54) is 0 Å². The molecule has 9 heteroatoms. The summed E-state index contributed by atoms with van der Waals surface area (Å²) in [5.74, 6) is 1.03. The van der Waals surface area contributed by atoms with E-state index in [9.17, 15) is 4.79 Å². The van der Waals surface area contributed by atoms with Crippen LogP contribution in [0.15, 0.2) is 46.9 Å². The highest BCUT2D eigenvalue weighted by Crippen LogP contribution is 2.29. The van der Waals surface area contributed by atoms with E-state index in [0.717, 1.165) is 40.2 Å². The quantitative estimate of drug-likeness (QED) is 0.448. The number of fused-ring (bicyclic) bond motifs is 3. The molecule has 1 aliphatic rings. The second kappa shape index (κ2) is 7.85. The SMILES string of the molecule is O=C1NCCCC[C@H]1Nc1nc2c(Br)cccc2c2nc(-c3ccc(Cl)cc3)nn12. The molecule has 0 bridgehead atoms. The van der Waals surface area contributed by atoms with Crippen LogP contribution in [0.4, 0.5) is 5.95 Å². The third kappa shape index (κ3) is 3.50. The molecule has 1 fully saturated rings. The summed E-state index contributed by atoms with van der Waals surface area (Å²) in [6, 6.07) is 12.9. The number of hydrogen-bond donors (Lipinski definition) is 2. The first-order valence-electron chi connectivity index (χ1n) is 9.75. The van der Waals surface area contributed by atoms with Gasteiger partial charge in [-0.3, -0.25) is 4.79 Å². The third-order valence-corrected chi connectivity index (χ3v) is 6.09. The second-order valence-electron chi connectivity index (χ2n) is 7.23. The zero-order chi connectivity index (χ0) is 20.7. The molecule has 2 N–H and O–H groups in total. The number of nitrogens with one attached hydrogen (secondary N) is 2. The Hall–Kier alpha value is -2.71. The Kier molecular flexibility index (Phi) is 5.04. The van der Waals surface area contributed by atoms with Crippen LogP contribution in [-0.4, -0.2) is 38.1 Å². The van der Waals surface area contributed by atoms with Crippen molar-refractivity contribution in [3.05, 3.63) is 52.0 Å². The topological polar surface area (TPSA) is 84.2 Å². The number of aromatic nitrogens is 4. The largest absolute Gasteiger partial charge is 0.354 e. The van der Waals surface area contributed by atoms with Gasteiger partial charge in [0, 0.05) is 27.0 Å². The van der Waals surface area contributed by atoms with Gasteiger partial charge in [0.2, 0.25) is 11.9 Å². The Morgan fingerprint density at radius 2 is 1.97 bits per heavy atom. The summed E-state index contributed by atoms with van der Waals surface area (Å²) < 4.78 is 2.53. The lowest BCUT2D eigenvalue weighted by atomic mass is 10.1. The van der Waals surface area contributed by atoms with Crippen LogP contribution in [0.5, 0.6) is 0 Å². The van der Waals surface area contributed by atoms with E-state index in [0.29, 0.717) is 29.0 Å². The zero-order valence-corrected chi connectivity index (χ0v) is 18.2. The van der Waals surface area contributed by atoms with Gasteiger partial charge >= 0.3 is 0 Å². The zero-order valence-electron chi connectivity index (χ0n) is 15.9. The van der Waals surface area contributed by atoms with Crippen LogP contribution in [0.2, 0.25) is 5.02 Å². The lowest BCUT2D eigenvalue weighted by Gasteiger charge is -2.17. The van der Waals surface area contributed by atoms with E-state index >= 15 is 0 Å². The number of carbonyl (C=O) groups is 1. The van der Waals surface area contributed by atoms with Crippen LogP contribution in [0.3, 0.4) is 0 Å². The Bertz CT molecular complexity index is 1260. The molecule has 0 spiro atoms. The Morgan fingerprint density at radius 1 is 1.13 bits per heavy atom. The van der Waals surface area contributed by atoms with Crippen molar-refractivity contribution in [2.24, 2.45) is 0 Å². The molecular weight excluding hydrogens is 468 g/mol. The van der Waals surface area contributed by atoms with E-state index < -0.39 is 0 Å². The average Bonchev–Trinajstić information content (AvgIpc) is 3.10. The Labute approximate surface area is 186 Å². The molecule has 1 atom stereocenters. The highest BCUT2D eigenvalue weighted by atomic mass is 79.9. The maximum absolute atomic E-state index is 12.5. The molecule has 0 radical (unpaired) electrons. The van der Waals surface area contributed by atoms with Crippen molar-refractivity contribution < 1.29 is 4.79 Å². The van der Waals surface area contributed by atoms with E-state index in [2.05, 4.69) is 26.6 Å². The summed E-state index contributed by atoms with van der Waals surface area (Å²) >= 11 is 9.61. The summed E-state index contributed by atoms with van der Waals surface area (Å²) in [4.78, 5) is 22.0. The van der Waals surface area contributed by atoms with Crippen molar-refractivity contribution in [1.82, 2.24) is 24.9 Å². The minimum atomic E-state index is -0.369. The maximum atomic E-state index is 12.5. The van der Waals surface area contributed by atoms with Gasteiger partial charge in [-0.2, -0.15) is 4.52 Å². The van der Waals surface area contributed by atoms with Crippen LogP contribution in [0.25, 0.3) is 27.9 Å². The monoisotopic (exact) mass is 484 g/mol. The molecule has 30 heavy (non-hydrogen) atoms. The molecule has 152 valence electrons. The van der Waals surface area contributed by atoms with Crippen molar-refractivity contribution in [1.29, 1.82) is 0 Å². The maximum Gasteiger partial charge on any atom is 0.242 e. The van der Waals surface area contributed by atoms with Gasteiger partial charge in [0.25, 0.3) is 0 Å². The summed E-state index contributed by atoms with van der Waals surface area (Å²) in [5.41, 5.74) is 2.28. The van der Waals surface area contributed by atoms with Gasteiger partial charge in [-0.15, -0.1) is 5.10 Å². The van der Waals surface area contributed by atoms with Crippen LogP contribution in [-0.2, 0) is 4.79 Å². The molecule has 4 aromatic rings. The molecule has 0 saturated carbocycles. The van der Waals surface area contributed by atoms with Crippen molar-refractivity contribution in [2.75, 3.05) is 11.9 Å². The Balaban J connectivity index is 1.68. The molecule has 2 aromatic heterocycles. The fourth-order valence-electron chi connectivity index (χ4n) is 3.64. The number of benzene rings is 2. The van der Waals surface area contributed by atoms with Crippen LogP contribution in [0.1, 0.15) is 19.3 Å². The second-order valence-corrected chi connectivity index (χ2v) is 8.52. The van der Waals surface area contributed by atoms with E-state index in [-0.39, 0.29) is 11.9 Å². The lowest BCUT2D eigenvalue weighted by Crippen LogP contribution is -2.38. The molecule has 0 unspecified atom stereocenters. The molecule has 5 rings (SSSR count). The molecule has 2 aromatic carbocycles. The van der Waals surface area contributed by atoms with Gasteiger partial charge < -0.3 is 10.6 Å². The van der Waals surface area contributed by atoms with Crippen molar-refractivity contribution >= 4 is 55.9 Å². The minimum Gasteiger partial charge on any atom is -0.354 e. The molecule has 1 saturated heterocycles. The number of carbonyl (C=O) groups excluding carboxylic acids is 1. The van der Waals surface area contributed by atoms with Gasteiger partial charge in [-0.05, 0) is 71.6 Å². The van der Waals surface area contributed by atoms with E-state index in [4.69, 9.17) is 26.7 Å². The third-order valence-electron chi connectivity index (χ3n) is 5.19. The highest BCUT2D eigenvalue weighted by Gasteiger charge is 2.23. The number of para-hydroxylation sites is 1. The smallest absolute Gasteiger partial charge is 0.242 e. The summed E-state index contributed by atoms with van der Waals surface area (Å²) in [6.07, 6.45) is 2.67. The first-order chi connectivity index (χ1) is 14.6. The predicted molar refractivity (Wildman–Crippen MR) is 121 cm³/mol. The highest BCUT2D eigenvalue weighted by molar-refractivity contribution is 9.10. The number of rotatable bonds is 3. The van der Waals surface area contributed by atoms with Crippen molar-refractivity contribution in [3.8, 4) is 11.4 Å². The molecule has 3 heterocycles. The van der Waals surface area contributed by atoms with Crippen molar-refractivity contribution in [3.63, 3.8) is 0 Å². The van der Waals surface area contributed by atoms with Gasteiger partial charge in [0.15, 0.2) is 11.5 Å². The van der Waals surface area contributed by atoms with Crippen LogP contribution >= 0.6 is 27.5 Å². The van der Waals surface area contributed by atoms with E-state index in [1.54, 1.807) is 4.52 Å². The number of anilines is 1. The van der Waals surface area contributed by atoms with E-state index in [1.807, 2.05) is 42.5 Å². The Morgan fingerprint density at radius 3 is 2.80 bits per heavy atom. The van der Waals surface area contributed by atoms with Crippen LogP contribution < -0.4 is 10.6 Å². The normalized spacial score (nSPS) is 17.1. The molecule has 1 amide bonds. The molecular formula is C21H18BrClN6O. The number of nitrogens with zero attached hydrogens (tertiary/aromatic N) is 4. The predicted octanol–water partition coefficient (Wildman–Crippen LogP) is 4.44. The first kappa shape index (κ1) is 19.3. The van der Waals surface area contributed by atoms with Gasteiger partial charge in [0.05, 0.1) is 5.52 Å². The number of halogens is 2. The van der Waals surface area contributed by atoms with Gasteiger partial charge in [0.1, 0.15) is 6.04 Å².